The first-order chi connectivity index (χ1) is 21.2. The van der Waals surface area contributed by atoms with Gasteiger partial charge in [-0.3, -0.25) is 0 Å². The molecule has 1 aliphatic rings. The maximum Gasteiger partial charge on any atom is 0.261 e. The molecule has 0 aliphatic carbocycles. The summed E-state index contributed by atoms with van der Waals surface area (Å²) in [5.74, 6) is 0.781. The van der Waals surface area contributed by atoms with Crippen molar-refractivity contribution in [2.24, 2.45) is 0 Å². The molecular weight excluding hydrogens is 650 g/mol. The van der Waals surface area contributed by atoms with E-state index < -0.39 is 14.4 Å². The predicted octanol–water partition coefficient (Wildman–Crippen LogP) is 6.80. The van der Waals surface area contributed by atoms with E-state index in [1.54, 1.807) is 7.11 Å². The van der Waals surface area contributed by atoms with Crippen LogP contribution in [0.4, 0.5) is 0 Å². The van der Waals surface area contributed by atoms with Crippen LogP contribution in [0.1, 0.15) is 31.9 Å². The van der Waals surface area contributed by atoms with Crippen molar-refractivity contribution in [3.05, 3.63) is 125 Å². The number of methoxy groups -OCH3 is 1. The second-order valence-corrected chi connectivity index (χ2v) is 17.7. The number of hydrogen-bond acceptors (Lipinski definition) is 5. The molecule has 5 nitrogen and oxygen atoms in total. The molecular formula is C36H40BrNO4SSi. The number of thiocarbonyl (C=S) groups is 1. The minimum absolute atomic E-state index is 0.150. The normalized spacial score (nSPS) is 18.7. The van der Waals surface area contributed by atoms with Crippen LogP contribution >= 0.6 is 28.1 Å². The van der Waals surface area contributed by atoms with Crippen molar-refractivity contribution in [2.75, 3.05) is 13.7 Å². The first-order valence-electron chi connectivity index (χ1n) is 14.9. The van der Waals surface area contributed by atoms with Crippen molar-refractivity contribution in [1.29, 1.82) is 0 Å². The second-order valence-electron chi connectivity index (χ2n) is 12.0. The van der Waals surface area contributed by atoms with E-state index in [-0.39, 0.29) is 17.2 Å². The highest BCUT2D eigenvalue weighted by Gasteiger charge is 2.52. The number of halogens is 1. The zero-order valence-corrected chi connectivity index (χ0v) is 29.1. The Hall–Kier alpha value is -2.85. The first kappa shape index (κ1) is 32.5. The zero-order valence-electron chi connectivity index (χ0n) is 25.7. The highest BCUT2D eigenvalue weighted by atomic mass is 79.9. The minimum atomic E-state index is -2.77. The largest absolute Gasteiger partial charge is 0.496 e. The summed E-state index contributed by atoms with van der Waals surface area (Å²) < 4.78 is 27.0. The smallest absolute Gasteiger partial charge is 0.261 e. The van der Waals surface area contributed by atoms with Crippen LogP contribution in [0.2, 0.25) is 5.04 Å². The monoisotopic (exact) mass is 689 g/mol. The molecule has 230 valence electrons. The van der Waals surface area contributed by atoms with E-state index in [1.165, 1.54) is 10.4 Å². The highest BCUT2D eigenvalue weighted by molar-refractivity contribution is 9.10. The van der Waals surface area contributed by atoms with Gasteiger partial charge >= 0.3 is 0 Å². The van der Waals surface area contributed by atoms with Crippen LogP contribution in [-0.2, 0) is 27.1 Å². The number of rotatable bonds is 12. The molecule has 0 saturated carbocycles. The van der Waals surface area contributed by atoms with Crippen LogP contribution in [0, 0.1) is 0 Å². The van der Waals surface area contributed by atoms with Crippen molar-refractivity contribution < 1.29 is 18.6 Å². The molecule has 1 fully saturated rings. The van der Waals surface area contributed by atoms with Gasteiger partial charge in [-0.2, -0.15) is 0 Å². The fraction of sp³-hybridized carbons (Fsp3) is 0.306. The van der Waals surface area contributed by atoms with E-state index in [1.807, 2.05) is 36.4 Å². The van der Waals surface area contributed by atoms with Gasteiger partial charge in [-0.1, -0.05) is 140 Å². The Balaban J connectivity index is 1.44. The van der Waals surface area contributed by atoms with Gasteiger partial charge in [0.2, 0.25) is 0 Å². The van der Waals surface area contributed by atoms with Gasteiger partial charge in [0.25, 0.3) is 8.32 Å². The molecule has 0 aromatic heterocycles. The summed E-state index contributed by atoms with van der Waals surface area (Å²) in [5.41, 5.74) is 2.03. The molecule has 0 bridgehead atoms. The summed E-state index contributed by atoms with van der Waals surface area (Å²) in [6.07, 6.45) is -0.808. The van der Waals surface area contributed by atoms with Gasteiger partial charge in [-0.15, -0.1) is 0 Å². The van der Waals surface area contributed by atoms with Gasteiger partial charge in [-0.05, 0) is 39.2 Å². The van der Waals surface area contributed by atoms with Crippen LogP contribution in [0.15, 0.2) is 114 Å². The quantitative estimate of drug-likeness (QED) is 0.130. The summed E-state index contributed by atoms with van der Waals surface area (Å²) in [5, 5.41) is 5.84. The minimum Gasteiger partial charge on any atom is -0.496 e. The molecule has 1 N–H and O–H groups in total. The average Bonchev–Trinajstić information content (AvgIpc) is 3.34. The molecule has 1 saturated heterocycles. The fourth-order valence-corrected chi connectivity index (χ4v) is 11.2. The van der Waals surface area contributed by atoms with Gasteiger partial charge in [0, 0.05) is 10.0 Å². The van der Waals surface area contributed by atoms with Gasteiger partial charge in [0.05, 0.1) is 33.0 Å². The third kappa shape index (κ3) is 7.17. The lowest BCUT2D eigenvalue weighted by atomic mass is 10.1. The lowest BCUT2D eigenvalue weighted by molar-refractivity contribution is -0.0611. The molecule has 5 rings (SSSR count). The number of benzene rings is 4. The Morgan fingerprint density at radius 3 is 1.95 bits per heavy atom. The average molecular weight is 691 g/mol. The second kappa shape index (κ2) is 14.5. The van der Waals surface area contributed by atoms with Gasteiger partial charge in [0.1, 0.15) is 22.9 Å². The Morgan fingerprint density at radius 2 is 1.36 bits per heavy atom. The Morgan fingerprint density at radius 1 is 0.773 bits per heavy atom. The van der Waals surface area contributed by atoms with Crippen LogP contribution in [-0.4, -0.2) is 45.3 Å². The molecule has 8 heteroatoms. The number of ether oxygens (including phenoxy) is 3. The van der Waals surface area contributed by atoms with E-state index in [4.69, 9.17) is 30.9 Å². The Kier molecular flexibility index (Phi) is 10.7. The van der Waals surface area contributed by atoms with E-state index in [0.717, 1.165) is 21.3 Å². The molecule has 3 unspecified atom stereocenters. The number of nitrogens with one attached hydrogen (secondary N) is 1. The van der Waals surface area contributed by atoms with E-state index >= 15 is 0 Å². The third-order valence-electron chi connectivity index (χ3n) is 8.14. The molecule has 4 aromatic carbocycles. The maximum absolute atomic E-state index is 7.30. The molecule has 0 amide bonds. The summed E-state index contributed by atoms with van der Waals surface area (Å²) in [6.45, 7) is 8.03. The van der Waals surface area contributed by atoms with E-state index in [0.29, 0.717) is 24.8 Å². The SMILES string of the molecule is COc1ccccc1COC1C(=S)NC(CO[Si](c2ccccc2)(c2ccccc2)C(C)(C)C)C1OCc1ccc(Br)cc1. The van der Waals surface area contributed by atoms with Gasteiger partial charge < -0.3 is 24.0 Å². The molecule has 3 atom stereocenters. The van der Waals surface area contributed by atoms with E-state index in [9.17, 15) is 0 Å². The topological polar surface area (TPSA) is 49.0 Å². The van der Waals surface area contributed by atoms with E-state index in [2.05, 4.69) is 115 Å². The summed E-state index contributed by atoms with van der Waals surface area (Å²) in [6, 6.07) is 37.2. The highest BCUT2D eigenvalue weighted by Crippen LogP contribution is 2.37. The molecule has 1 heterocycles. The van der Waals surface area contributed by atoms with Gasteiger partial charge in [0.15, 0.2) is 0 Å². The van der Waals surface area contributed by atoms with Crippen LogP contribution in [0.3, 0.4) is 0 Å². The maximum atomic E-state index is 7.30. The van der Waals surface area contributed by atoms with Gasteiger partial charge in [-0.25, -0.2) is 0 Å². The third-order valence-corrected chi connectivity index (χ3v) is 14.0. The lowest BCUT2D eigenvalue weighted by Crippen LogP contribution is -2.67. The predicted molar refractivity (Wildman–Crippen MR) is 187 cm³/mol. The number of hydrogen-bond donors (Lipinski definition) is 1. The molecule has 0 radical (unpaired) electrons. The zero-order chi connectivity index (χ0) is 31.2. The Bertz CT molecular complexity index is 1480. The summed E-state index contributed by atoms with van der Waals surface area (Å²) in [7, 11) is -1.10. The van der Waals surface area contributed by atoms with Crippen LogP contribution in [0.5, 0.6) is 5.75 Å². The van der Waals surface area contributed by atoms with Crippen molar-refractivity contribution in [2.45, 2.75) is 57.3 Å². The Labute approximate surface area is 276 Å². The number of para-hydroxylation sites is 1. The fourth-order valence-electron chi connectivity index (χ4n) is 5.97. The molecule has 1 aliphatic heterocycles. The van der Waals surface area contributed by atoms with Crippen molar-refractivity contribution in [3.8, 4) is 5.75 Å². The van der Waals surface area contributed by atoms with Crippen molar-refractivity contribution >= 4 is 51.8 Å². The molecule has 4 aromatic rings. The standard InChI is InChI=1S/C36H40BrNO4SSi/c1-36(2,3)44(29-14-7-5-8-15-29,30-16-9-6-10-17-30)42-25-31-33(40-23-26-19-21-28(37)22-20-26)34(35(43)38-31)41-24-27-13-11-12-18-32(27)39-4/h5-22,31,33-34H,23-25H2,1-4H3,(H,38,43). The molecule has 44 heavy (non-hydrogen) atoms. The van der Waals surface area contributed by atoms with Crippen LogP contribution in [0.25, 0.3) is 0 Å². The van der Waals surface area contributed by atoms with Crippen LogP contribution < -0.4 is 20.4 Å². The summed E-state index contributed by atoms with van der Waals surface area (Å²) >= 11 is 9.42. The van der Waals surface area contributed by atoms with Crippen molar-refractivity contribution in [1.82, 2.24) is 5.32 Å². The van der Waals surface area contributed by atoms with Crippen molar-refractivity contribution in [3.63, 3.8) is 0 Å². The summed E-state index contributed by atoms with van der Waals surface area (Å²) in [4.78, 5) is 0.622. The lowest BCUT2D eigenvalue weighted by Gasteiger charge is -2.43. The molecule has 0 spiro atoms. The first-order valence-corrected chi connectivity index (χ1v) is 18.0.